The minimum atomic E-state index is -0.490. The summed E-state index contributed by atoms with van der Waals surface area (Å²) >= 11 is 1.61. The number of piperazine rings is 1. The number of thiophene rings is 1. The number of carbonyl (C=O) groups is 1. The van der Waals surface area contributed by atoms with E-state index < -0.39 is 6.10 Å². The van der Waals surface area contributed by atoms with E-state index in [4.69, 9.17) is 9.47 Å². The lowest BCUT2D eigenvalue weighted by Crippen LogP contribution is -2.51. The van der Waals surface area contributed by atoms with Gasteiger partial charge in [0.15, 0.2) is 0 Å². The standard InChI is InChI=1S/C21H24N4O3S/c1-15(28-13-16-4-3-5-17(12-16)27-2)21(26)25-9-7-24(8-10-25)19-18-6-11-29-20(18)23-14-22-19/h3-6,11-12,14-15H,7-10,13H2,1-2H3. The minimum Gasteiger partial charge on any atom is -0.497 e. The van der Waals surface area contributed by atoms with Crippen LogP contribution in [0.1, 0.15) is 12.5 Å². The third-order valence-electron chi connectivity index (χ3n) is 5.11. The smallest absolute Gasteiger partial charge is 0.251 e. The summed E-state index contributed by atoms with van der Waals surface area (Å²) in [5, 5.41) is 3.11. The van der Waals surface area contributed by atoms with Crippen LogP contribution in [-0.2, 0) is 16.1 Å². The molecule has 29 heavy (non-hydrogen) atoms. The molecule has 0 bridgehead atoms. The van der Waals surface area contributed by atoms with Crippen LogP contribution in [0.4, 0.5) is 5.82 Å². The number of amides is 1. The first-order valence-electron chi connectivity index (χ1n) is 9.62. The molecule has 8 heteroatoms. The molecule has 1 amide bonds. The van der Waals surface area contributed by atoms with E-state index in [0.29, 0.717) is 19.7 Å². The van der Waals surface area contributed by atoms with Crippen LogP contribution in [0.5, 0.6) is 5.75 Å². The SMILES string of the molecule is COc1cccc(COC(C)C(=O)N2CCN(c3ncnc4sccc34)CC2)c1. The highest BCUT2D eigenvalue weighted by Gasteiger charge is 2.26. The van der Waals surface area contributed by atoms with E-state index in [1.807, 2.05) is 41.5 Å². The van der Waals surface area contributed by atoms with Crippen LogP contribution in [0.3, 0.4) is 0 Å². The zero-order valence-electron chi connectivity index (χ0n) is 16.6. The van der Waals surface area contributed by atoms with Crippen molar-refractivity contribution in [3.63, 3.8) is 0 Å². The second kappa shape index (κ2) is 8.75. The Morgan fingerprint density at radius 2 is 2.03 bits per heavy atom. The maximum absolute atomic E-state index is 12.8. The van der Waals surface area contributed by atoms with Gasteiger partial charge >= 0.3 is 0 Å². The number of nitrogens with zero attached hydrogens (tertiary/aromatic N) is 4. The van der Waals surface area contributed by atoms with Crippen molar-refractivity contribution in [3.05, 3.63) is 47.6 Å². The molecule has 1 aliphatic heterocycles. The summed E-state index contributed by atoms with van der Waals surface area (Å²) in [4.78, 5) is 26.7. The first kappa shape index (κ1) is 19.6. The molecule has 3 heterocycles. The second-order valence-electron chi connectivity index (χ2n) is 6.95. The van der Waals surface area contributed by atoms with E-state index in [9.17, 15) is 4.79 Å². The lowest BCUT2D eigenvalue weighted by atomic mass is 10.2. The summed E-state index contributed by atoms with van der Waals surface area (Å²) in [6.45, 7) is 4.99. The van der Waals surface area contributed by atoms with Crippen molar-refractivity contribution in [2.24, 2.45) is 0 Å². The van der Waals surface area contributed by atoms with E-state index in [0.717, 1.165) is 40.4 Å². The molecule has 1 saturated heterocycles. The molecule has 4 rings (SSSR count). The Morgan fingerprint density at radius 3 is 2.83 bits per heavy atom. The van der Waals surface area contributed by atoms with Crippen LogP contribution in [0.2, 0.25) is 0 Å². The lowest BCUT2D eigenvalue weighted by Gasteiger charge is -2.36. The van der Waals surface area contributed by atoms with Gasteiger partial charge in [0.1, 0.15) is 28.8 Å². The van der Waals surface area contributed by atoms with Gasteiger partial charge in [-0.3, -0.25) is 4.79 Å². The maximum Gasteiger partial charge on any atom is 0.251 e. The van der Waals surface area contributed by atoms with Gasteiger partial charge in [0.05, 0.1) is 19.1 Å². The molecule has 3 aromatic rings. The van der Waals surface area contributed by atoms with Gasteiger partial charge in [0.25, 0.3) is 5.91 Å². The number of hydrogen-bond acceptors (Lipinski definition) is 7. The van der Waals surface area contributed by atoms with E-state index in [2.05, 4.69) is 20.9 Å². The monoisotopic (exact) mass is 412 g/mol. The van der Waals surface area contributed by atoms with Crippen molar-refractivity contribution >= 4 is 33.3 Å². The van der Waals surface area contributed by atoms with Crippen molar-refractivity contribution in [1.29, 1.82) is 0 Å². The molecule has 0 N–H and O–H groups in total. The number of benzene rings is 1. The zero-order valence-corrected chi connectivity index (χ0v) is 17.4. The summed E-state index contributed by atoms with van der Waals surface area (Å²) in [6.07, 6.45) is 1.12. The zero-order chi connectivity index (χ0) is 20.2. The van der Waals surface area contributed by atoms with Crippen molar-refractivity contribution in [3.8, 4) is 5.75 Å². The Hall–Kier alpha value is -2.71. The van der Waals surface area contributed by atoms with Crippen LogP contribution in [-0.4, -0.2) is 60.2 Å². The number of ether oxygens (including phenoxy) is 2. The molecular formula is C21H24N4O3S. The Balaban J connectivity index is 1.32. The largest absolute Gasteiger partial charge is 0.497 e. The first-order chi connectivity index (χ1) is 14.2. The Labute approximate surface area is 173 Å². The van der Waals surface area contributed by atoms with E-state index >= 15 is 0 Å². The maximum atomic E-state index is 12.8. The molecule has 1 fully saturated rings. The molecule has 152 valence electrons. The highest BCUT2D eigenvalue weighted by Crippen LogP contribution is 2.27. The van der Waals surface area contributed by atoms with Gasteiger partial charge in [0, 0.05) is 26.2 Å². The fourth-order valence-corrected chi connectivity index (χ4v) is 4.21. The number of rotatable bonds is 6. The number of methoxy groups -OCH3 is 1. The van der Waals surface area contributed by atoms with Gasteiger partial charge in [-0.05, 0) is 36.1 Å². The topological polar surface area (TPSA) is 67.8 Å². The van der Waals surface area contributed by atoms with Gasteiger partial charge in [0.2, 0.25) is 0 Å². The van der Waals surface area contributed by atoms with Crippen LogP contribution >= 0.6 is 11.3 Å². The van der Waals surface area contributed by atoms with Crippen molar-refractivity contribution in [2.75, 3.05) is 38.2 Å². The molecular weight excluding hydrogens is 388 g/mol. The molecule has 7 nitrogen and oxygen atoms in total. The summed E-state index contributed by atoms with van der Waals surface area (Å²) < 4.78 is 11.1. The number of carbonyl (C=O) groups excluding carboxylic acids is 1. The fourth-order valence-electron chi connectivity index (χ4n) is 3.48. The predicted octanol–water partition coefficient (Wildman–Crippen LogP) is 2.95. The van der Waals surface area contributed by atoms with E-state index in [1.165, 1.54) is 0 Å². The normalized spacial score (nSPS) is 15.5. The van der Waals surface area contributed by atoms with E-state index in [-0.39, 0.29) is 5.91 Å². The van der Waals surface area contributed by atoms with Gasteiger partial charge in [-0.1, -0.05) is 12.1 Å². The number of anilines is 1. The molecule has 1 atom stereocenters. The average molecular weight is 413 g/mol. The molecule has 1 unspecified atom stereocenters. The number of hydrogen-bond donors (Lipinski definition) is 0. The van der Waals surface area contributed by atoms with Gasteiger partial charge in [-0.15, -0.1) is 11.3 Å². The number of aromatic nitrogens is 2. The molecule has 1 aromatic carbocycles. The Kier molecular flexibility index (Phi) is 5.92. The van der Waals surface area contributed by atoms with Crippen LogP contribution in [0, 0.1) is 0 Å². The molecule has 0 aliphatic carbocycles. The summed E-state index contributed by atoms with van der Waals surface area (Å²) in [5.74, 6) is 1.76. The summed E-state index contributed by atoms with van der Waals surface area (Å²) in [7, 11) is 1.64. The summed E-state index contributed by atoms with van der Waals surface area (Å²) in [5.41, 5.74) is 0.984. The van der Waals surface area contributed by atoms with Crippen molar-refractivity contribution in [1.82, 2.24) is 14.9 Å². The lowest BCUT2D eigenvalue weighted by molar-refractivity contribution is -0.143. The van der Waals surface area contributed by atoms with Crippen molar-refractivity contribution in [2.45, 2.75) is 19.6 Å². The second-order valence-corrected chi connectivity index (χ2v) is 7.85. The minimum absolute atomic E-state index is 0.0240. The molecule has 0 saturated carbocycles. The molecule has 1 aliphatic rings. The first-order valence-corrected chi connectivity index (χ1v) is 10.5. The highest BCUT2D eigenvalue weighted by atomic mass is 32.1. The van der Waals surface area contributed by atoms with Crippen LogP contribution in [0.15, 0.2) is 42.0 Å². The van der Waals surface area contributed by atoms with Crippen molar-refractivity contribution < 1.29 is 14.3 Å². The molecule has 0 radical (unpaired) electrons. The fraction of sp³-hybridized carbons (Fsp3) is 0.381. The van der Waals surface area contributed by atoms with Gasteiger partial charge in [-0.2, -0.15) is 0 Å². The quantitative estimate of drug-likeness (QED) is 0.620. The number of fused-ring (bicyclic) bond motifs is 1. The van der Waals surface area contributed by atoms with Gasteiger partial charge in [-0.25, -0.2) is 9.97 Å². The Morgan fingerprint density at radius 1 is 1.21 bits per heavy atom. The Bertz CT molecular complexity index is 985. The predicted molar refractivity (Wildman–Crippen MR) is 113 cm³/mol. The molecule has 0 spiro atoms. The van der Waals surface area contributed by atoms with Crippen LogP contribution < -0.4 is 9.64 Å². The third-order valence-corrected chi connectivity index (χ3v) is 5.93. The third kappa shape index (κ3) is 4.33. The van der Waals surface area contributed by atoms with E-state index in [1.54, 1.807) is 24.8 Å². The van der Waals surface area contributed by atoms with Crippen LogP contribution in [0.25, 0.3) is 10.2 Å². The van der Waals surface area contributed by atoms with Gasteiger partial charge < -0.3 is 19.3 Å². The highest BCUT2D eigenvalue weighted by molar-refractivity contribution is 7.16. The molecule has 2 aromatic heterocycles. The average Bonchev–Trinajstić information content (AvgIpc) is 3.26. The summed E-state index contributed by atoms with van der Waals surface area (Å²) in [6, 6.07) is 9.75.